The Labute approximate surface area is 145 Å². The molecule has 0 aliphatic rings. The summed E-state index contributed by atoms with van der Waals surface area (Å²) in [6, 6.07) is 16.5. The van der Waals surface area contributed by atoms with E-state index in [-0.39, 0.29) is 12.5 Å². The van der Waals surface area contributed by atoms with Crippen LogP contribution in [0.1, 0.15) is 16.1 Å². The smallest absolute Gasteiger partial charge is 0.251 e. The Morgan fingerprint density at radius 3 is 2.52 bits per heavy atom. The Balaban J connectivity index is 1.66. The number of hydrogen-bond donors (Lipinski definition) is 1. The Hall–Kier alpha value is -3.28. The van der Waals surface area contributed by atoms with Crippen LogP contribution in [0.5, 0.6) is 11.5 Å². The van der Waals surface area contributed by atoms with Crippen molar-refractivity contribution in [1.29, 1.82) is 0 Å². The van der Waals surface area contributed by atoms with Crippen molar-refractivity contribution in [1.82, 2.24) is 10.5 Å². The van der Waals surface area contributed by atoms with Gasteiger partial charge >= 0.3 is 0 Å². The maximum atomic E-state index is 12.3. The van der Waals surface area contributed by atoms with E-state index in [4.69, 9.17) is 14.0 Å². The average Bonchev–Trinajstić information content (AvgIpc) is 3.15. The fourth-order valence-electron chi connectivity index (χ4n) is 2.38. The predicted molar refractivity (Wildman–Crippen MR) is 92.7 cm³/mol. The number of aromatic nitrogens is 1. The Morgan fingerprint density at radius 2 is 1.80 bits per heavy atom. The zero-order valence-electron chi connectivity index (χ0n) is 14.0. The van der Waals surface area contributed by atoms with Crippen LogP contribution in [0.15, 0.2) is 59.1 Å². The fourth-order valence-corrected chi connectivity index (χ4v) is 2.38. The maximum Gasteiger partial charge on any atom is 0.251 e. The lowest BCUT2D eigenvalue weighted by atomic mass is 10.1. The number of carbonyl (C=O) groups is 1. The lowest BCUT2D eigenvalue weighted by molar-refractivity contribution is 0.0949. The summed E-state index contributed by atoms with van der Waals surface area (Å²) in [5.41, 5.74) is 2.06. The quantitative estimate of drug-likeness (QED) is 0.746. The molecule has 0 atom stereocenters. The van der Waals surface area contributed by atoms with Gasteiger partial charge in [0, 0.05) is 17.2 Å². The molecule has 2 aromatic carbocycles. The van der Waals surface area contributed by atoms with Crippen molar-refractivity contribution < 1.29 is 18.8 Å². The lowest BCUT2D eigenvalue weighted by Gasteiger charge is -2.09. The SMILES string of the molecule is COc1ccc(C(=O)NCc2cc(-c3ccccc3)on2)cc1OC. The van der Waals surface area contributed by atoms with Crippen LogP contribution in [0.25, 0.3) is 11.3 Å². The summed E-state index contributed by atoms with van der Waals surface area (Å²) in [6.07, 6.45) is 0. The highest BCUT2D eigenvalue weighted by atomic mass is 16.5. The van der Waals surface area contributed by atoms with Gasteiger partial charge in [0.15, 0.2) is 17.3 Å². The number of carbonyl (C=O) groups excluding carboxylic acids is 1. The molecule has 6 nitrogen and oxygen atoms in total. The number of nitrogens with one attached hydrogen (secondary N) is 1. The minimum atomic E-state index is -0.231. The van der Waals surface area contributed by atoms with Gasteiger partial charge in [-0.2, -0.15) is 0 Å². The first-order valence-corrected chi connectivity index (χ1v) is 7.72. The van der Waals surface area contributed by atoms with Gasteiger partial charge in [-0.15, -0.1) is 0 Å². The molecule has 0 aliphatic carbocycles. The highest BCUT2D eigenvalue weighted by molar-refractivity contribution is 5.94. The molecule has 0 unspecified atom stereocenters. The second-order valence-electron chi connectivity index (χ2n) is 5.30. The molecule has 1 N–H and O–H groups in total. The number of rotatable bonds is 6. The normalized spacial score (nSPS) is 10.3. The minimum Gasteiger partial charge on any atom is -0.493 e. The summed E-state index contributed by atoms with van der Waals surface area (Å²) in [6.45, 7) is 0.267. The number of hydrogen-bond acceptors (Lipinski definition) is 5. The summed E-state index contributed by atoms with van der Waals surface area (Å²) in [4.78, 5) is 12.3. The Bertz CT molecular complexity index is 859. The van der Waals surface area contributed by atoms with E-state index in [2.05, 4.69) is 10.5 Å². The summed E-state index contributed by atoms with van der Waals surface area (Å²) < 4.78 is 15.7. The molecule has 0 radical (unpaired) electrons. The molecular weight excluding hydrogens is 320 g/mol. The Kier molecular flexibility index (Phi) is 4.99. The molecule has 3 aromatic rings. The number of methoxy groups -OCH3 is 2. The monoisotopic (exact) mass is 338 g/mol. The van der Waals surface area contributed by atoms with Crippen LogP contribution in [0.3, 0.4) is 0 Å². The van der Waals surface area contributed by atoms with Crippen LogP contribution >= 0.6 is 0 Å². The van der Waals surface area contributed by atoms with E-state index in [9.17, 15) is 4.79 Å². The van der Waals surface area contributed by atoms with Crippen molar-refractivity contribution >= 4 is 5.91 Å². The highest BCUT2D eigenvalue weighted by Crippen LogP contribution is 2.27. The summed E-state index contributed by atoms with van der Waals surface area (Å²) >= 11 is 0. The van der Waals surface area contributed by atoms with E-state index in [1.165, 1.54) is 7.11 Å². The predicted octanol–water partition coefficient (Wildman–Crippen LogP) is 3.29. The van der Waals surface area contributed by atoms with Crippen LogP contribution < -0.4 is 14.8 Å². The van der Waals surface area contributed by atoms with Crippen molar-refractivity contribution in [2.45, 2.75) is 6.54 Å². The number of nitrogens with zero attached hydrogens (tertiary/aromatic N) is 1. The zero-order valence-corrected chi connectivity index (χ0v) is 14.0. The summed E-state index contributed by atoms with van der Waals surface area (Å²) in [5, 5.41) is 6.80. The van der Waals surface area contributed by atoms with Crippen LogP contribution in [0, 0.1) is 0 Å². The van der Waals surface area contributed by atoms with Crippen molar-refractivity contribution in [3.05, 3.63) is 65.9 Å². The average molecular weight is 338 g/mol. The van der Waals surface area contributed by atoms with Gasteiger partial charge in [0.05, 0.1) is 20.8 Å². The first-order chi connectivity index (χ1) is 12.2. The molecule has 0 bridgehead atoms. The largest absolute Gasteiger partial charge is 0.493 e. The number of ether oxygens (including phenoxy) is 2. The van der Waals surface area contributed by atoms with Gasteiger partial charge in [0.2, 0.25) is 0 Å². The van der Waals surface area contributed by atoms with Crippen molar-refractivity contribution in [3.63, 3.8) is 0 Å². The molecule has 1 heterocycles. The standard InChI is InChI=1S/C19H18N2O4/c1-23-16-9-8-14(10-18(16)24-2)19(22)20-12-15-11-17(25-21-15)13-6-4-3-5-7-13/h3-11H,12H2,1-2H3,(H,20,22). The molecule has 1 amide bonds. The molecule has 1 aromatic heterocycles. The van der Waals surface area contributed by atoms with Gasteiger partial charge in [0.1, 0.15) is 5.69 Å². The summed E-state index contributed by atoms with van der Waals surface area (Å²) in [7, 11) is 3.08. The van der Waals surface area contributed by atoms with E-state index in [0.717, 1.165) is 5.56 Å². The van der Waals surface area contributed by atoms with Gasteiger partial charge in [0.25, 0.3) is 5.91 Å². The molecule has 0 spiro atoms. The number of amides is 1. The van der Waals surface area contributed by atoms with Crippen molar-refractivity contribution in [3.8, 4) is 22.8 Å². The third-order valence-corrected chi connectivity index (χ3v) is 3.69. The first-order valence-electron chi connectivity index (χ1n) is 7.72. The summed E-state index contributed by atoms with van der Waals surface area (Å²) in [5.74, 6) is 1.51. The maximum absolute atomic E-state index is 12.3. The third kappa shape index (κ3) is 3.80. The van der Waals surface area contributed by atoms with E-state index in [1.807, 2.05) is 36.4 Å². The molecule has 0 fully saturated rings. The second-order valence-corrected chi connectivity index (χ2v) is 5.30. The van der Waals surface area contributed by atoms with Gasteiger partial charge < -0.3 is 19.3 Å². The molecular formula is C19H18N2O4. The number of benzene rings is 2. The van der Waals surface area contributed by atoms with Gasteiger partial charge in [-0.1, -0.05) is 35.5 Å². The van der Waals surface area contributed by atoms with Crippen molar-refractivity contribution in [2.75, 3.05) is 14.2 Å². The van der Waals surface area contributed by atoms with Gasteiger partial charge in [-0.25, -0.2) is 0 Å². The first kappa shape index (κ1) is 16.6. The third-order valence-electron chi connectivity index (χ3n) is 3.69. The molecule has 6 heteroatoms. The molecule has 128 valence electrons. The molecule has 0 saturated heterocycles. The zero-order chi connectivity index (χ0) is 17.6. The minimum absolute atomic E-state index is 0.231. The molecule has 3 rings (SSSR count). The van der Waals surface area contributed by atoms with Crippen LogP contribution in [-0.2, 0) is 6.54 Å². The van der Waals surface area contributed by atoms with E-state index >= 15 is 0 Å². The fraction of sp³-hybridized carbons (Fsp3) is 0.158. The highest BCUT2D eigenvalue weighted by Gasteiger charge is 2.12. The molecule has 0 aliphatic heterocycles. The molecule has 25 heavy (non-hydrogen) atoms. The second kappa shape index (κ2) is 7.53. The Morgan fingerprint density at radius 1 is 1.04 bits per heavy atom. The molecule has 0 saturated carbocycles. The van der Waals surface area contributed by atoms with Crippen LogP contribution in [0.4, 0.5) is 0 Å². The van der Waals surface area contributed by atoms with E-state index < -0.39 is 0 Å². The van der Waals surface area contributed by atoms with Crippen LogP contribution in [0.2, 0.25) is 0 Å². The van der Waals surface area contributed by atoms with E-state index in [1.54, 1.807) is 25.3 Å². The van der Waals surface area contributed by atoms with Gasteiger partial charge in [-0.05, 0) is 18.2 Å². The van der Waals surface area contributed by atoms with Crippen LogP contribution in [-0.4, -0.2) is 25.3 Å². The lowest BCUT2D eigenvalue weighted by Crippen LogP contribution is -2.22. The van der Waals surface area contributed by atoms with Crippen molar-refractivity contribution in [2.24, 2.45) is 0 Å². The van der Waals surface area contributed by atoms with Gasteiger partial charge in [-0.3, -0.25) is 4.79 Å². The van der Waals surface area contributed by atoms with E-state index in [0.29, 0.717) is 28.5 Å². The topological polar surface area (TPSA) is 73.6 Å².